The third kappa shape index (κ3) is 3.22. The summed E-state index contributed by atoms with van der Waals surface area (Å²) >= 11 is 6.10. The lowest BCUT2D eigenvalue weighted by molar-refractivity contribution is 0.149. The Hall–Kier alpha value is -0.640. The Morgan fingerprint density at radius 3 is 2.94 bits per heavy atom. The van der Waals surface area contributed by atoms with Crippen LogP contribution in [0, 0.1) is 11.2 Å². The van der Waals surface area contributed by atoms with E-state index in [1.165, 1.54) is 12.1 Å². The zero-order valence-corrected chi connectivity index (χ0v) is 11.4. The van der Waals surface area contributed by atoms with Gasteiger partial charge in [0.25, 0.3) is 0 Å². The van der Waals surface area contributed by atoms with E-state index in [0.717, 1.165) is 44.7 Å². The van der Waals surface area contributed by atoms with Crippen molar-refractivity contribution in [2.24, 2.45) is 5.41 Å². The molecule has 0 aromatic heterocycles. The van der Waals surface area contributed by atoms with Crippen LogP contribution in [0.1, 0.15) is 18.9 Å². The van der Waals surface area contributed by atoms with Crippen LogP contribution in [0.4, 0.5) is 4.39 Å². The van der Waals surface area contributed by atoms with Crippen LogP contribution in [0.3, 0.4) is 0 Å². The van der Waals surface area contributed by atoms with Crippen molar-refractivity contribution < 1.29 is 9.13 Å². The predicted molar refractivity (Wildman–Crippen MR) is 71.5 cm³/mol. The van der Waals surface area contributed by atoms with Gasteiger partial charge in [0.2, 0.25) is 0 Å². The molecule has 1 aliphatic rings. The van der Waals surface area contributed by atoms with Crippen LogP contribution in [-0.2, 0) is 11.2 Å². The van der Waals surface area contributed by atoms with Gasteiger partial charge in [0, 0.05) is 23.6 Å². The van der Waals surface area contributed by atoms with Crippen LogP contribution in [0.25, 0.3) is 0 Å². The summed E-state index contributed by atoms with van der Waals surface area (Å²) in [5.41, 5.74) is 1.10. The monoisotopic (exact) mass is 271 g/mol. The van der Waals surface area contributed by atoms with Gasteiger partial charge in [-0.05, 0) is 37.1 Å². The van der Waals surface area contributed by atoms with Crippen LogP contribution in [-0.4, -0.2) is 26.3 Å². The molecule has 1 aromatic carbocycles. The molecule has 0 bridgehead atoms. The van der Waals surface area contributed by atoms with Crippen LogP contribution in [0.2, 0.25) is 5.02 Å². The van der Waals surface area contributed by atoms with E-state index in [9.17, 15) is 4.39 Å². The van der Waals surface area contributed by atoms with E-state index in [4.69, 9.17) is 16.3 Å². The Labute approximate surface area is 112 Å². The fourth-order valence-electron chi connectivity index (χ4n) is 2.45. The Kier molecular flexibility index (Phi) is 4.60. The second kappa shape index (κ2) is 6.00. The van der Waals surface area contributed by atoms with Crippen LogP contribution >= 0.6 is 11.6 Å². The standard InChI is InChI=1S/C14H19ClFNO/c1-2-17-9-14(5-6-18-10-14)8-11-3-4-12(16)7-13(11)15/h3-4,7,17H,2,5-6,8-10H2,1H3. The molecule has 1 aromatic rings. The normalized spacial score (nSPS) is 23.5. The predicted octanol–water partition coefficient (Wildman–Crippen LogP) is 3.04. The number of halogens is 2. The topological polar surface area (TPSA) is 21.3 Å². The maximum Gasteiger partial charge on any atom is 0.124 e. The molecule has 0 radical (unpaired) electrons. The van der Waals surface area contributed by atoms with Crippen molar-refractivity contribution in [2.45, 2.75) is 19.8 Å². The molecule has 2 nitrogen and oxygen atoms in total. The second-order valence-corrected chi connectivity index (χ2v) is 5.40. The summed E-state index contributed by atoms with van der Waals surface area (Å²) in [5, 5.41) is 3.90. The van der Waals surface area contributed by atoms with Gasteiger partial charge in [-0.15, -0.1) is 0 Å². The molecule has 1 fully saturated rings. The molecule has 0 aliphatic carbocycles. The highest BCUT2D eigenvalue weighted by Crippen LogP contribution is 2.34. The van der Waals surface area contributed by atoms with Crippen molar-refractivity contribution in [3.8, 4) is 0 Å². The quantitative estimate of drug-likeness (QED) is 0.889. The van der Waals surface area contributed by atoms with Crippen molar-refractivity contribution in [1.29, 1.82) is 0 Å². The Morgan fingerprint density at radius 1 is 1.50 bits per heavy atom. The van der Waals surface area contributed by atoms with Crippen molar-refractivity contribution >= 4 is 11.6 Å². The second-order valence-electron chi connectivity index (χ2n) is 5.00. The van der Waals surface area contributed by atoms with E-state index in [0.29, 0.717) is 5.02 Å². The van der Waals surface area contributed by atoms with Gasteiger partial charge in [-0.1, -0.05) is 24.6 Å². The lowest BCUT2D eigenvalue weighted by atomic mass is 9.81. The maximum absolute atomic E-state index is 13.0. The number of hydrogen-bond donors (Lipinski definition) is 1. The number of ether oxygens (including phenoxy) is 1. The highest BCUT2D eigenvalue weighted by molar-refractivity contribution is 6.31. The van der Waals surface area contributed by atoms with Gasteiger partial charge in [0.05, 0.1) is 6.61 Å². The van der Waals surface area contributed by atoms with E-state index >= 15 is 0 Å². The summed E-state index contributed by atoms with van der Waals surface area (Å²) in [6, 6.07) is 4.63. The highest BCUT2D eigenvalue weighted by Gasteiger charge is 2.35. The minimum Gasteiger partial charge on any atom is -0.381 e. The lowest BCUT2D eigenvalue weighted by Gasteiger charge is -2.28. The van der Waals surface area contributed by atoms with Gasteiger partial charge in [0.1, 0.15) is 5.82 Å². The molecule has 0 saturated carbocycles. The molecule has 0 amide bonds. The molecule has 2 rings (SSSR count). The molecule has 1 unspecified atom stereocenters. The largest absolute Gasteiger partial charge is 0.381 e. The molecule has 1 atom stereocenters. The van der Waals surface area contributed by atoms with Crippen molar-refractivity contribution in [3.05, 3.63) is 34.6 Å². The Balaban J connectivity index is 2.13. The SMILES string of the molecule is CCNCC1(Cc2ccc(F)cc2Cl)CCOC1. The average molecular weight is 272 g/mol. The first-order valence-electron chi connectivity index (χ1n) is 6.38. The fourth-order valence-corrected chi connectivity index (χ4v) is 2.68. The molecule has 1 saturated heterocycles. The van der Waals surface area contributed by atoms with Crippen molar-refractivity contribution in [3.63, 3.8) is 0 Å². The number of benzene rings is 1. The van der Waals surface area contributed by atoms with Gasteiger partial charge in [-0.25, -0.2) is 4.39 Å². The van der Waals surface area contributed by atoms with E-state index in [1.54, 1.807) is 6.07 Å². The first-order chi connectivity index (χ1) is 8.65. The third-order valence-corrected chi connectivity index (χ3v) is 3.87. The summed E-state index contributed by atoms with van der Waals surface area (Å²) < 4.78 is 18.6. The summed E-state index contributed by atoms with van der Waals surface area (Å²) in [5.74, 6) is -0.285. The number of hydrogen-bond acceptors (Lipinski definition) is 2. The van der Waals surface area contributed by atoms with Crippen molar-refractivity contribution in [2.75, 3.05) is 26.3 Å². The maximum atomic E-state index is 13.0. The van der Waals surface area contributed by atoms with E-state index in [2.05, 4.69) is 12.2 Å². The number of rotatable bonds is 5. The molecular formula is C14H19ClFNO. The van der Waals surface area contributed by atoms with E-state index < -0.39 is 0 Å². The zero-order valence-electron chi connectivity index (χ0n) is 10.6. The fraction of sp³-hybridized carbons (Fsp3) is 0.571. The van der Waals surface area contributed by atoms with Gasteiger partial charge in [-0.2, -0.15) is 0 Å². The van der Waals surface area contributed by atoms with Gasteiger partial charge >= 0.3 is 0 Å². The highest BCUT2D eigenvalue weighted by atomic mass is 35.5. The Morgan fingerprint density at radius 2 is 2.33 bits per heavy atom. The molecule has 4 heteroatoms. The van der Waals surface area contributed by atoms with Gasteiger partial charge in [0.15, 0.2) is 0 Å². The molecule has 100 valence electrons. The summed E-state index contributed by atoms with van der Waals surface area (Å²) in [6.07, 6.45) is 1.85. The van der Waals surface area contributed by atoms with E-state index in [1.807, 2.05) is 0 Å². The smallest absolute Gasteiger partial charge is 0.124 e. The van der Waals surface area contributed by atoms with Crippen LogP contribution in [0.15, 0.2) is 18.2 Å². The van der Waals surface area contributed by atoms with Crippen molar-refractivity contribution in [1.82, 2.24) is 5.32 Å². The first kappa shape index (κ1) is 13.8. The Bertz CT molecular complexity index is 405. The minimum absolute atomic E-state index is 0.0947. The minimum atomic E-state index is -0.285. The van der Waals surface area contributed by atoms with E-state index in [-0.39, 0.29) is 11.2 Å². The molecule has 0 spiro atoms. The molecule has 1 heterocycles. The average Bonchev–Trinajstić information content (AvgIpc) is 2.80. The van der Waals surface area contributed by atoms with Gasteiger partial charge in [-0.3, -0.25) is 0 Å². The first-order valence-corrected chi connectivity index (χ1v) is 6.75. The molecule has 1 N–H and O–H groups in total. The zero-order chi connectivity index (χ0) is 13.0. The third-order valence-electron chi connectivity index (χ3n) is 3.52. The summed E-state index contributed by atoms with van der Waals surface area (Å²) in [6.45, 7) is 5.49. The summed E-state index contributed by atoms with van der Waals surface area (Å²) in [4.78, 5) is 0. The van der Waals surface area contributed by atoms with Crippen LogP contribution < -0.4 is 5.32 Å². The van der Waals surface area contributed by atoms with Gasteiger partial charge < -0.3 is 10.1 Å². The molecule has 1 aliphatic heterocycles. The van der Waals surface area contributed by atoms with Crippen LogP contribution in [0.5, 0.6) is 0 Å². The summed E-state index contributed by atoms with van der Waals surface area (Å²) in [7, 11) is 0. The molecule has 18 heavy (non-hydrogen) atoms. The lowest BCUT2D eigenvalue weighted by Crippen LogP contribution is -2.36. The number of nitrogens with one attached hydrogen (secondary N) is 1. The molecular weight excluding hydrogens is 253 g/mol.